The summed E-state index contributed by atoms with van der Waals surface area (Å²) < 4.78 is 40.9. The van der Waals surface area contributed by atoms with E-state index in [0.717, 1.165) is 28.2 Å². The third-order valence-electron chi connectivity index (χ3n) is 4.69. The van der Waals surface area contributed by atoms with Crippen molar-refractivity contribution in [2.75, 3.05) is 5.32 Å². The van der Waals surface area contributed by atoms with E-state index in [1.807, 2.05) is 30.5 Å². The maximum Gasteiger partial charge on any atom is 0.416 e. The van der Waals surface area contributed by atoms with E-state index in [1.54, 1.807) is 12.1 Å². The fourth-order valence-corrected chi connectivity index (χ4v) is 3.15. The van der Waals surface area contributed by atoms with Crippen molar-refractivity contribution in [2.24, 2.45) is 0 Å². The normalized spacial score (nSPS) is 11.6. The fraction of sp³-hybridized carbons (Fsp3) is 0.190. The molecule has 0 aliphatic heterocycles. The molecule has 1 heterocycles. The molecule has 27 heavy (non-hydrogen) atoms. The molecule has 0 spiro atoms. The van der Waals surface area contributed by atoms with E-state index in [4.69, 9.17) is 0 Å². The van der Waals surface area contributed by atoms with Gasteiger partial charge >= 0.3 is 6.18 Å². The second kappa shape index (κ2) is 6.95. The summed E-state index contributed by atoms with van der Waals surface area (Å²) in [6.45, 7) is 7.65. The Hall–Kier alpha value is -3.02. The molecule has 6 heteroatoms. The van der Waals surface area contributed by atoms with Crippen LogP contribution in [0.5, 0.6) is 0 Å². The predicted molar refractivity (Wildman–Crippen MR) is 101 cm³/mol. The second-order valence-electron chi connectivity index (χ2n) is 6.42. The molecule has 3 nitrogen and oxygen atoms in total. The van der Waals surface area contributed by atoms with Crippen LogP contribution in [0, 0.1) is 13.8 Å². The van der Waals surface area contributed by atoms with Gasteiger partial charge in [-0.05, 0) is 61.4 Å². The third kappa shape index (κ3) is 3.74. The Kier molecular flexibility index (Phi) is 4.83. The molecule has 3 aromatic rings. The lowest BCUT2D eigenvalue weighted by molar-refractivity contribution is -0.137. The quantitative estimate of drug-likeness (QED) is 0.607. The van der Waals surface area contributed by atoms with Gasteiger partial charge in [0.15, 0.2) is 0 Å². The molecule has 3 rings (SSSR count). The smallest absolute Gasteiger partial charge is 0.340 e. The molecule has 0 saturated carbocycles. The number of halogens is 3. The van der Waals surface area contributed by atoms with Crippen LogP contribution in [0.3, 0.4) is 0 Å². The number of nitrogens with one attached hydrogen (secondary N) is 1. The van der Waals surface area contributed by atoms with Crippen molar-refractivity contribution in [1.82, 2.24) is 4.57 Å². The standard InChI is InChI=1S/C21H19F3N2O/c1-4-20(27)25-17-8-9-19-18(11-17)13(2)14(3)26(19)12-15-6-5-7-16(10-15)21(22,23)24/h4-11H,1,12H2,2-3H3,(H,25,27). The molecule has 0 fully saturated rings. The molecular weight excluding hydrogens is 353 g/mol. The van der Waals surface area contributed by atoms with Crippen molar-refractivity contribution >= 4 is 22.5 Å². The van der Waals surface area contributed by atoms with Gasteiger partial charge in [0.25, 0.3) is 0 Å². The highest BCUT2D eigenvalue weighted by atomic mass is 19.4. The van der Waals surface area contributed by atoms with Crippen molar-refractivity contribution in [3.63, 3.8) is 0 Å². The summed E-state index contributed by atoms with van der Waals surface area (Å²) in [5.41, 5.74) is 3.46. The van der Waals surface area contributed by atoms with Crippen molar-refractivity contribution in [3.05, 3.63) is 77.5 Å². The monoisotopic (exact) mass is 372 g/mol. The van der Waals surface area contributed by atoms with Gasteiger partial charge in [0.05, 0.1) is 5.56 Å². The topological polar surface area (TPSA) is 34.0 Å². The maximum atomic E-state index is 13.0. The molecule has 140 valence electrons. The molecule has 1 amide bonds. The maximum absolute atomic E-state index is 13.0. The van der Waals surface area contributed by atoms with Crippen LogP contribution in [0.4, 0.5) is 18.9 Å². The molecule has 1 aromatic heterocycles. The first kappa shape index (κ1) is 18.8. The highest BCUT2D eigenvalue weighted by Crippen LogP contribution is 2.31. The summed E-state index contributed by atoms with van der Waals surface area (Å²) in [6, 6.07) is 10.9. The number of benzene rings is 2. The summed E-state index contributed by atoms with van der Waals surface area (Å²) in [5, 5.41) is 3.67. The van der Waals surface area contributed by atoms with Crippen molar-refractivity contribution in [1.29, 1.82) is 0 Å². The summed E-state index contributed by atoms with van der Waals surface area (Å²) in [7, 11) is 0. The van der Waals surface area contributed by atoms with E-state index in [0.29, 0.717) is 17.8 Å². The average Bonchev–Trinajstić information content (AvgIpc) is 2.86. The van der Waals surface area contributed by atoms with Gasteiger partial charge in [-0.15, -0.1) is 0 Å². The van der Waals surface area contributed by atoms with Gasteiger partial charge in [-0.25, -0.2) is 0 Å². The number of carbonyl (C=O) groups excluding carboxylic acids is 1. The van der Waals surface area contributed by atoms with E-state index in [1.165, 1.54) is 18.2 Å². The zero-order valence-electron chi connectivity index (χ0n) is 15.0. The van der Waals surface area contributed by atoms with E-state index < -0.39 is 11.7 Å². The lowest BCUT2D eigenvalue weighted by Crippen LogP contribution is -2.08. The molecule has 0 aliphatic rings. The van der Waals surface area contributed by atoms with Gasteiger partial charge in [-0.3, -0.25) is 4.79 Å². The van der Waals surface area contributed by atoms with Crippen molar-refractivity contribution in [2.45, 2.75) is 26.6 Å². The van der Waals surface area contributed by atoms with Gasteiger partial charge in [0.1, 0.15) is 0 Å². The zero-order valence-corrected chi connectivity index (χ0v) is 15.0. The first-order chi connectivity index (χ1) is 12.7. The van der Waals surface area contributed by atoms with Crippen LogP contribution in [0.15, 0.2) is 55.1 Å². The molecule has 0 saturated heterocycles. The van der Waals surface area contributed by atoms with Gasteiger partial charge in [0, 0.05) is 28.8 Å². The number of anilines is 1. The fourth-order valence-electron chi connectivity index (χ4n) is 3.15. The molecule has 0 atom stereocenters. The van der Waals surface area contributed by atoms with E-state index in [-0.39, 0.29) is 5.91 Å². The second-order valence-corrected chi connectivity index (χ2v) is 6.42. The van der Waals surface area contributed by atoms with Gasteiger partial charge in [0.2, 0.25) is 5.91 Å². The predicted octanol–water partition coefficient (Wildman–Crippen LogP) is 5.45. The van der Waals surface area contributed by atoms with Crippen molar-refractivity contribution in [3.8, 4) is 0 Å². The lowest BCUT2D eigenvalue weighted by Gasteiger charge is -2.12. The molecule has 2 aromatic carbocycles. The highest BCUT2D eigenvalue weighted by molar-refractivity contribution is 6.00. The number of hydrogen-bond donors (Lipinski definition) is 1. The molecule has 0 bridgehead atoms. The van der Waals surface area contributed by atoms with Crippen LogP contribution in [0.25, 0.3) is 10.9 Å². The Morgan fingerprint density at radius 1 is 1.19 bits per heavy atom. The van der Waals surface area contributed by atoms with Crippen LogP contribution >= 0.6 is 0 Å². The van der Waals surface area contributed by atoms with Crippen molar-refractivity contribution < 1.29 is 18.0 Å². The van der Waals surface area contributed by atoms with Gasteiger partial charge < -0.3 is 9.88 Å². The molecule has 0 aliphatic carbocycles. The van der Waals surface area contributed by atoms with Crippen LogP contribution in [-0.4, -0.2) is 10.5 Å². The Labute approximate surface area is 155 Å². The minimum atomic E-state index is -4.36. The van der Waals surface area contributed by atoms with E-state index >= 15 is 0 Å². The molecular formula is C21H19F3N2O. The van der Waals surface area contributed by atoms with Crippen LogP contribution in [0.2, 0.25) is 0 Å². The number of aromatic nitrogens is 1. The molecule has 0 radical (unpaired) electrons. The third-order valence-corrected chi connectivity index (χ3v) is 4.69. The Balaban J connectivity index is 2.01. The lowest BCUT2D eigenvalue weighted by atomic mass is 10.1. The number of hydrogen-bond acceptors (Lipinski definition) is 1. The molecule has 0 unspecified atom stereocenters. The number of carbonyl (C=O) groups is 1. The van der Waals surface area contributed by atoms with Gasteiger partial charge in [-0.2, -0.15) is 13.2 Å². The van der Waals surface area contributed by atoms with Gasteiger partial charge in [-0.1, -0.05) is 18.7 Å². The number of fused-ring (bicyclic) bond motifs is 1. The minimum Gasteiger partial charge on any atom is -0.340 e. The van der Waals surface area contributed by atoms with Crippen LogP contribution in [0.1, 0.15) is 22.4 Å². The Morgan fingerprint density at radius 3 is 2.59 bits per heavy atom. The van der Waals surface area contributed by atoms with Crippen LogP contribution < -0.4 is 5.32 Å². The first-order valence-electron chi connectivity index (χ1n) is 8.39. The number of nitrogens with zero attached hydrogens (tertiary/aromatic N) is 1. The Morgan fingerprint density at radius 2 is 1.93 bits per heavy atom. The zero-order chi connectivity index (χ0) is 19.8. The summed E-state index contributed by atoms with van der Waals surface area (Å²) >= 11 is 0. The Bertz CT molecular complexity index is 1030. The number of amides is 1. The summed E-state index contributed by atoms with van der Waals surface area (Å²) in [6.07, 6.45) is -3.17. The number of alkyl halides is 3. The van der Waals surface area contributed by atoms with Crippen LogP contribution in [-0.2, 0) is 17.5 Å². The SMILES string of the molecule is C=CC(=O)Nc1ccc2c(c1)c(C)c(C)n2Cc1cccc(C(F)(F)F)c1. The number of aryl methyl sites for hydroxylation is 1. The summed E-state index contributed by atoms with van der Waals surface area (Å²) in [5.74, 6) is -0.299. The minimum absolute atomic E-state index is 0.299. The molecule has 1 N–H and O–H groups in total. The largest absolute Gasteiger partial charge is 0.416 e. The highest BCUT2D eigenvalue weighted by Gasteiger charge is 2.30. The number of rotatable bonds is 4. The average molecular weight is 372 g/mol. The van der Waals surface area contributed by atoms with E-state index in [2.05, 4.69) is 11.9 Å². The summed E-state index contributed by atoms with van der Waals surface area (Å²) in [4.78, 5) is 11.5. The van der Waals surface area contributed by atoms with E-state index in [9.17, 15) is 18.0 Å². The first-order valence-corrected chi connectivity index (χ1v) is 8.39.